The molecule has 2 aromatic heterocycles. The number of alkyl halides is 6. The van der Waals surface area contributed by atoms with Crippen molar-refractivity contribution in [3.8, 4) is 33.8 Å². The summed E-state index contributed by atoms with van der Waals surface area (Å²) >= 11 is 1.35. The van der Waals surface area contributed by atoms with Crippen LogP contribution < -0.4 is 19.3 Å². The minimum atomic E-state index is -4.46. The van der Waals surface area contributed by atoms with Gasteiger partial charge in [0.1, 0.15) is 34.5 Å². The lowest BCUT2D eigenvalue weighted by Crippen LogP contribution is -2.35. The number of ether oxygens (including phenoxy) is 3. The molecule has 4 heterocycles. The molecule has 0 spiro atoms. The van der Waals surface area contributed by atoms with Crippen LogP contribution in [0.2, 0.25) is 0 Å². The fourth-order valence-corrected chi connectivity index (χ4v) is 9.78. The number of nitrogens with zero attached hydrogens (tertiary/aromatic N) is 2. The second kappa shape index (κ2) is 21.5. The van der Waals surface area contributed by atoms with Crippen LogP contribution in [0, 0.1) is 0 Å². The van der Waals surface area contributed by atoms with Crippen molar-refractivity contribution in [2.75, 3.05) is 30.0 Å². The molecule has 6 aromatic rings. The van der Waals surface area contributed by atoms with Crippen molar-refractivity contribution in [2.24, 2.45) is 0 Å². The first kappa shape index (κ1) is 49.3. The van der Waals surface area contributed by atoms with Crippen LogP contribution in [0.1, 0.15) is 62.7 Å². The fraction of sp³-hybridized carbons (Fsp3) is 0.280. The van der Waals surface area contributed by atoms with Gasteiger partial charge >= 0.3 is 24.3 Å². The Hall–Kier alpha value is -6.66. The quantitative estimate of drug-likeness (QED) is 0.0846. The van der Waals surface area contributed by atoms with E-state index >= 15 is 0 Å². The van der Waals surface area contributed by atoms with E-state index in [-0.39, 0.29) is 61.8 Å². The molecule has 356 valence electrons. The number of methoxy groups -OCH3 is 1. The summed E-state index contributed by atoms with van der Waals surface area (Å²) in [4.78, 5) is 49.8. The SMILES string of the molecule is COC(=O)CCC(=O)N1CCCc2cc(OCc3cc(-c4ccccc4)c(C(F)(F)F)s3)ccc21.O=C(O)CCC(=O)N1CCc2cc(OCc3cc(-c4ccccc4)c(C(F)(F)F)s3)ccc21. The van der Waals surface area contributed by atoms with Crippen LogP contribution in [-0.2, 0) is 62.3 Å². The van der Waals surface area contributed by atoms with E-state index in [2.05, 4.69) is 4.74 Å². The van der Waals surface area contributed by atoms with Gasteiger partial charge in [0.2, 0.25) is 11.8 Å². The van der Waals surface area contributed by atoms with Gasteiger partial charge in [0.05, 0.1) is 20.0 Å². The Labute approximate surface area is 395 Å². The minimum absolute atomic E-state index is 0.00113. The molecule has 4 aromatic carbocycles. The molecule has 0 radical (unpaired) electrons. The van der Waals surface area contributed by atoms with Crippen molar-refractivity contribution in [2.45, 2.75) is 70.5 Å². The van der Waals surface area contributed by atoms with Crippen LogP contribution in [0.3, 0.4) is 0 Å². The van der Waals surface area contributed by atoms with Crippen molar-refractivity contribution in [3.63, 3.8) is 0 Å². The molecule has 2 aliphatic rings. The zero-order valence-electron chi connectivity index (χ0n) is 36.5. The van der Waals surface area contributed by atoms with Gasteiger partial charge in [-0.1, -0.05) is 60.7 Å². The molecular weight excluding hydrogens is 935 g/mol. The van der Waals surface area contributed by atoms with Crippen LogP contribution in [-0.4, -0.2) is 49.1 Å². The number of anilines is 2. The third kappa shape index (κ3) is 12.3. The number of aliphatic carboxylic acids is 1. The van der Waals surface area contributed by atoms with Gasteiger partial charge in [-0.25, -0.2) is 0 Å². The van der Waals surface area contributed by atoms with Crippen LogP contribution in [0.4, 0.5) is 37.7 Å². The summed E-state index contributed by atoms with van der Waals surface area (Å²) in [5.74, 6) is -0.845. The highest BCUT2D eigenvalue weighted by Crippen LogP contribution is 2.45. The summed E-state index contributed by atoms with van der Waals surface area (Å²) in [6.45, 7) is 1.00. The molecule has 8 rings (SSSR count). The summed E-state index contributed by atoms with van der Waals surface area (Å²) in [6.07, 6.45) is -7.01. The average molecular weight is 979 g/mol. The van der Waals surface area contributed by atoms with Gasteiger partial charge in [-0.2, -0.15) is 26.3 Å². The van der Waals surface area contributed by atoms with E-state index in [1.54, 1.807) is 101 Å². The van der Waals surface area contributed by atoms with E-state index in [9.17, 15) is 45.5 Å². The van der Waals surface area contributed by atoms with Gasteiger partial charge in [0, 0.05) is 58.2 Å². The van der Waals surface area contributed by atoms with Crippen molar-refractivity contribution < 1.29 is 64.8 Å². The van der Waals surface area contributed by atoms with E-state index in [0.29, 0.717) is 80.3 Å². The lowest BCUT2D eigenvalue weighted by molar-refractivity contribution is -0.142. The summed E-state index contributed by atoms with van der Waals surface area (Å²) < 4.78 is 97.8. The first-order valence-corrected chi connectivity index (χ1v) is 23.0. The number of aryl methyl sites for hydroxylation is 1. The van der Waals surface area contributed by atoms with Gasteiger partial charge in [-0.05, 0) is 90.0 Å². The first-order chi connectivity index (χ1) is 32.5. The summed E-state index contributed by atoms with van der Waals surface area (Å²) in [7, 11) is 1.28. The number of benzene rings is 4. The maximum atomic E-state index is 13.6. The molecule has 0 unspecified atom stereocenters. The van der Waals surface area contributed by atoms with E-state index in [1.807, 2.05) is 6.07 Å². The molecule has 1 N–H and O–H groups in total. The normalized spacial score (nSPS) is 13.2. The average Bonchev–Trinajstić information content (AvgIpc) is 4.09. The number of carboxylic acids is 1. The molecule has 10 nitrogen and oxygen atoms in total. The Bertz CT molecular complexity index is 2760. The number of thiophene rings is 2. The summed E-state index contributed by atoms with van der Waals surface area (Å²) in [5, 5.41) is 8.77. The number of carboxylic acid groups (broad SMARTS) is 1. The third-order valence-electron chi connectivity index (χ3n) is 11.1. The van der Waals surface area contributed by atoms with Crippen molar-refractivity contribution in [3.05, 3.63) is 140 Å². The topological polar surface area (TPSA) is 123 Å². The summed E-state index contributed by atoms with van der Waals surface area (Å²) in [6, 6.07) is 30.5. The minimum Gasteiger partial charge on any atom is -0.488 e. The van der Waals surface area contributed by atoms with Crippen molar-refractivity contribution >= 4 is 57.8 Å². The molecule has 0 saturated carbocycles. The van der Waals surface area contributed by atoms with Crippen LogP contribution in [0.5, 0.6) is 11.5 Å². The molecule has 0 bridgehead atoms. The van der Waals surface area contributed by atoms with Gasteiger partial charge in [-0.15, -0.1) is 22.7 Å². The number of amides is 2. The van der Waals surface area contributed by atoms with Gasteiger partial charge in [0.25, 0.3) is 0 Å². The standard InChI is InChI=1S/C26H24F3NO4S.C24H20F3NO4S/c1-33-24(32)12-11-23(31)30-13-5-8-18-14-19(9-10-22(18)30)34-16-20-15-21(17-6-3-2-4-7-17)25(35-20)26(27,28)29;25-24(26,27)23-19(15-4-2-1-3-5-15)13-18(33-23)14-32-17-6-7-20-16(12-17)10-11-28(20)21(29)8-9-22(30)31/h2-4,6-7,9-10,14-15H,5,8,11-13,16H2,1H3;1-7,12-13H,8-11,14H2,(H,30,31). The molecule has 2 amide bonds. The lowest BCUT2D eigenvalue weighted by atomic mass is 10.0. The highest BCUT2D eigenvalue weighted by molar-refractivity contribution is 7.13. The Morgan fingerprint density at radius 1 is 0.588 bits per heavy atom. The monoisotopic (exact) mass is 978 g/mol. The first-order valence-electron chi connectivity index (χ1n) is 21.4. The largest absolute Gasteiger partial charge is 0.488 e. The molecule has 0 aliphatic carbocycles. The highest BCUT2D eigenvalue weighted by Gasteiger charge is 2.38. The van der Waals surface area contributed by atoms with Gasteiger partial charge in [-0.3, -0.25) is 19.2 Å². The number of fused-ring (bicyclic) bond motifs is 2. The molecule has 2 aliphatic heterocycles. The van der Waals surface area contributed by atoms with E-state index in [0.717, 1.165) is 29.7 Å². The zero-order chi connectivity index (χ0) is 48.6. The predicted octanol–water partition coefficient (Wildman–Crippen LogP) is 12.0. The van der Waals surface area contributed by atoms with Gasteiger partial charge in [0.15, 0.2) is 0 Å². The fourth-order valence-electron chi connectivity index (χ4n) is 7.86. The summed E-state index contributed by atoms with van der Waals surface area (Å²) in [5.41, 5.74) is 4.56. The van der Waals surface area contributed by atoms with Crippen LogP contribution in [0.25, 0.3) is 22.3 Å². The molecule has 0 fully saturated rings. The Morgan fingerprint density at radius 3 is 1.50 bits per heavy atom. The van der Waals surface area contributed by atoms with E-state index < -0.39 is 34.0 Å². The smallest absolute Gasteiger partial charge is 0.426 e. The second-order valence-electron chi connectivity index (χ2n) is 15.7. The predicted molar refractivity (Wildman–Crippen MR) is 246 cm³/mol. The molecule has 0 atom stereocenters. The highest BCUT2D eigenvalue weighted by atomic mass is 32.1. The number of esters is 1. The molecular formula is C50H44F6N2O8S2. The zero-order valence-corrected chi connectivity index (χ0v) is 38.1. The molecule has 0 saturated heterocycles. The van der Waals surface area contributed by atoms with Crippen molar-refractivity contribution in [1.29, 1.82) is 0 Å². The number of hydrogen-bond acceptors (Lipinski definition) is 9. The number of hydrogen-bond donors (Lipinski definition) is 1. The maximum Gasteiger partial charge on any atom is 0.426 e. The maximum absolute atomic E-state index is 13.6. The molecule has 68 heavy (non-hydrogen) atoms. The Morgan fingerprint density at radius 2 is 1.04 bits per heavy atom. The second-order valence-corrected chi connectivity index (χ2v) is 18.0. The Kier molecular flexibility index (Phi) is 15.6. The van der Waals surface area contributed by atoms with Crippen LogP contribution >= 0.6 is 22.7 Å². The number of carbonyl (C=O) groups is 4. The third-order valence-corrected chi connectivity index (χ3v) is 13.4. The van der Waals surface area contributed by atoms with E-state index in [4.69, 9.17) is 14.6 Å². The number of rotatable bonds is 14. The lowest BCUT2D eigenvalue weighted by Gasteiger charge is -2.30. The van der Waals surface area contributed by atoms with Crippen LogP contribution in [0.15, 0.2) is 109 Å². The number of carbonyl (C=O) groups excluding carboxylic acids is 3. The van der Waals surface area contributed by atoms with E-state index in [1.165, 1.54) is 19.2 Å². The van der Waals surface area contributed by atoms with Crippen molar-refractivity contribution in [1.82, 2.24) is 0 Å². The Balaban J connectivity index is 0.000000202. The number of halogens is 6. The molecule has 18 heteroatoms. The van der Waals surface area contributed by atoms with Gasteiger partial charge < -0.3 is 29.1 Å².